The van der Waals surface area contributed by atoms with Crippen molar-refractivity contribution in [3.63, 3.8) is 0 Å². The van der Waals surface area contributed by atoms with Gasteiger partial charge in [-0.2, -0.15) is 0 Å². The van der Waals surface area contributed by atoms with Gasteiger partial charge in [-0.1, -0.05) is 37.8 Å². The molecule has 1 aromatic rings. The predicted molar refractivity (Wildman–Crippen MR) is 101 cm³/mol. The maximum Gasteiger partial charge on any atom is 0.251 e. The van der Waals surface area contributed by atoms with E-state index in [1.54, 1.807) is 7.11 Å². The molecular weight excluding hydrogens is 312 g/mol. The smallest absolute Gasteiger partial charge is 0.251 e. The number of methoxy groups -OCH3 is 1. The molecule has 2 fully saturated rings. The summed E-state index contributed by atoms with van der Waals surface area (Å²) in [7, 11) is 1.69. The van der Waals surface area contributed by atoms with Crippen LogP contribution in [-0.4, -0.2) is 43.1 Å². The van der Waals surface area contributed by atoms with Crippen LogP contribution < -0.4 is 5.32 Å². The number of piperidine rings is 1. The topological polar surface area (TPSA) is 41.6 Å². The lowest BCUT2D eigenvalue weighted by atomic mass is 9.79. The van der Waals surface area contributed by atoms with E-state index in [0.29, 0.717) is 6.61 Å². The summed E-state index contributed by atoms with van der Waals surface area (Å²) in [5.74, 6) is 0.0472. The standard InChI is InChI=1S/C21H32N2O2/c1-25-16-18-8-10-19(11-9-18)20(24)22-17-21(12-4-2-5-13-21)23-14-6-3-7-15-23/h8-11H,2-7,12-17H2,1H3,(H,22,24). The van der Waals surface area contributed by atoms with E-state index in [9.17, 15) is 4.79 Å². The Kier molecular flexibility index (Phi) is 6.49. The van der Waals surface area contributed by atoms with E-state index in [-0.39, 0.29) is 11.4 Å². The van der Waals surface area contributed by atoms with Gasteiger partial charge in [0, 0.05) is 24.8 Å². The van der Waals surface area contributed by atoms with Crippen molar-refractivity contribution in [1.29, 1.82) is 0 Å². The zero-order valence-corrected chi connectivity index (χ0v) is 15.6. The van der Waals surface area contributed by atoms with Gasteiger partial charge < -0.3 is 10.1 Å². The van der Waals surface area contributed by atoms with Gasteiger partial charge in [0.1, 0.15) is 0 Å². The van der Waals surface area contributed by atoms with E-state index in [1.807, 2.05) is 24.3 Å². The first-order chi connectivity index (χ1) is 12.2. The van der Waals surface area contributed by atoms with Gasteiger partial charge in [0.15, 0.2) is 0 Å². The zero-order valence-electron chi connectivity index (χ0n) is 15.6. The fourth-order valence-electron chi connectivity index (χ4n) is 4.45. The number of nitrogens with zero attached hydrogens (tertiary/aromatic N) is 1. The SMILES string of the molecule is COCc1ccc(C(=O)NCC2(N3CCCCC3)CCCCC2)cc1. The number of rotatable bonds is 6. The molecule has 1 aliphatic carbocycles. The second-order valence-electron chi connectivity index (χ2n) is 7.65. The molecule has 1 saturated heterocycles. The lowest BCUT2D eigenvalue weighted by molar-refractivity contribution is 0.0326. The van der Waals surface area contributed by atoms with Crippen LogP contribution in [0.25, 0.3) is 0 Å². The van der Waals surface area contributed by atoms with Crippen LogP contribution in [0.5, 0.6) is 0 Å². The van der Waals surface area contributed by atoms with Crippen LogP contribution >= 0.6 is 0 Å². The average molecular weight is 344 g/mol. The Bertz CT molecular complexity index is 544. The van der Waals surface area contributed by atoms with Crippen molar-refractivity contribution in [2.45, 2.75) is 63.5 Å². The van der Waals surface area contributed by atoms with E-state index in [1.165, 1.54) is 64.5 Å². The molecule has 3 rings (SSSR count). The lowest BCUT2D eigenvalue weighted by Gasteiger charge is -2.48. The molecule has 1 aliphatic heterocycles. The first-order valence-electron chi connectivity index (χ1n) is 9.85. The second-order valence-corrected chi connectivity index (χ2v) is 7.65. The van der Waals surface area contributed by atoms with E-state index < -0.39 is 0 Å². The van der Waals surface area contributed by atoms with Crippen LogP contribution in [0.1, 0.15) is 67.3 Å². The summed E-state index contributed by atoms with van der Waals surface area (Å²) in [6.07, 6.45) is 10.3. The van der Waals surface area contributed by atoms with Crippen molar-refractivity contribution >= 4 is 5.91 Å². The van der Waals surface area contributed by atoms with Gasteiger partial charge in [0.25, 0.3) is 5.91 Å². The Hall–Kier alpha value is -1.39. The predicted octanol–water partition coefficient (Wildman–Crippen LogP) is 3.75. The molecule has 25 heavy (non-hydrogen) atoms. The lowest BCUT2D eigenvalue weighted by Crippen LogP contribution is -2.58. The van der Waals surface area contributed by atoms with Crippen LogP contribution in [0.15, 0.2) is 24.3 Å². The number of nitrogens with one attached hydrogen (secondary N) is 1. The van der Waals surface area contributed by atoms with E-state index in [4.69, 9.17) is 4.74 Å². The Morgan fingerprint density at radius 3 is 2.32 bits per heavy atom. The molecule has 138 valence electrons. The molecule has 0 bridgehead atoms. The Labute approximate surface area is 151 Å². The molecular formula is C21H32N2O2. The van der Waals surface area contributed by atoms with Crippen molar-refractivity contribution in [1.82, 2.24) is 10.2 Å². The maximum atomic E-state index is 12.6. The van der Waals surface area contributed by atoms with Gasteiger partial charge in [0.05, 0.1) is 6.61 Å². The van der Waals surface area contributed by atoms with Crippen LogP contribution in [0.2, 0.25) is 0 Å². The summed E-state index contributed by atoms with van der Waals surface area (Å²) in [6, 6.07) is 7.75. The highest BCUT2D eigenvalue weighted by Gasteiger charge is 2.38. The molecule has 0 spiro atoms. The van der Waals surface area contributed by atoms with Crippen molar-refractivity contribution in [3.05, 3.63) is 35.4 Å². The molecule has 4 nitrogen and oxygen atoms in total. The summed E-state index contributed by atoms with van der Waals surface area (Å²) in [4.78, 5) is 15.3. The van der Waals surface area contributed by atoms with E-state index in [0.717, 1.165) is 17.7 Å². The van der Waals surface area contributed by atoms with Gasteiger partial charge in [0.2, 0.25) is 0 Å². The fraction of sp³-hybridized carbons (Fsp3) is 0.667. The normalized spacial score (nSPS) is 21.0. The molecule has 0 atom stereocenters. The molecule has 1 heterocycles. The Morgan fingerprint density at radius 1 is 1.04 bits per heavy atom. The van der Waals surface area contributed by atoms with Crippen molar-refractivity contribution in [2.24, 2.45) is 0 Å². The zero-order chi connectivity index (χ0) is 17.5. The quantitative estimate of drug-likeness (QED) is 0.854. The molecule has 0 radical (unpaired) electrons. The number of benzene rings is 1. The fourth-order valence-corrected chi connectivity index (χ4v) is 4.45. The number of carbonyl (C=O) groups is 1. The highest BCUT2D eigenvalue weighted by molar-refractivity contribution is 5.94. The number of likely N-dealkylation sites (tertiary alicyclic amines) is 1. The number of amides is 1. The molecule has 1 aromatic carbocycles. The van der Waals surface area contributed by atoms with Gasteiger partial charge in [-0.25, -0.2) is 0 Å². The number of carbonyl (C=O) groups excluding carboxylic acids is 1. The second kappa shape index (κ2) is 8.81. The van der Waals surface area contributed by atoms with Crippen LogP contribution in [-0.2, 0) is 11.3 Å². The molecule has 0 unspecified atom stereocenters. The third kappa shape index (κ3) is 4.62. The molecule has 1 N–H and O–H groups in total. The highest BCUT2D eigenvalue weighted by atomic mass is 16.5. The minimum Gasteiger partial charge on any atom is -0.380 e. The summed E-state index contributed by atoms with van der Waals surface area (Å²) < 4.78 is 5.13. The summed E-state index contributed by atoms with van der Waals surface area (Å²) >= 11 is 0. The summed E-state index contributed by atoms with van der Waals surface area (Å²) in [5.41, 5.74) is 2.02. The van der Waals surface area contributed by atoms with Gasteiger partial charge >= 0.3 is 0 Å². The Balaban J connectivity index is 1.62. The molecule has 1 saturated carbocycles. The number of hydrogen-bond acceptors (Lipinski definition) is 3. The summed E-state index contributed by atoms with van der Waals surface area (Å²) in [5, 5.41) is 3.25. The monoisotopic (exact) mass is 344 g/mol. The molecule has 2 aliphatic rings. The molecule has 0 aromatic heterocycles. The average Bonchev–Trinajstić information content (AvgIpc) is 2.68. The van der Waals surface area contributed by atoms with E-state index in [2.05, 4.69) is 10.2 Å². The third-order valence-electron chi connectivity index (χ3n) is 5.92. The maximum absolute atomic E-state index is 12.6. The van der Waals surface area contributed by atoms with Crippen LogP contribution in [0.3, 0.4) is 0 Å². The van der Waals surface area contributed by atoms with Crippen molar-refractivity contribution < 1.29 is 9.53 Å². The Morgan fingerprint density at radius 2 is 1.68 bits per heavy atom. The van der Waals surface area contributed by atoms with Crippen LogP contribution in [0, 0.1) is 0 Å². The van der Waals surface area contributed by atoms with Gasteiger partial charge in [-0.15, -0.1) is 0 Å². The van der Waals surface area contributed by atoms with E-state index >= 15 is 0 Å². The summed E-state index contributed by atoms with van der Waals surface area (Å²) in [6.45, 7) is 3.76. The third-order valence-corrected chi connectivity index (χ3v) is 5.92. The largest absolute Gasteiger partial charge is 0.380 e. The number of ether oxygens (including phenoxy) is 1. The van der Waals surface area contributed by atoms with Gasteiger partial charge in [-0.3, -0.25) is 9.69 Å². The first-order valence-corrected chi connectivity index (χ1v) is 9.85. The van der Waals surface area contributed by atoms with Crippen molar-refractivity contribution in [3.8, 4) is 0 Å². The van der Waals surface area contributed by atoms with Crippen molar-refractivity contribution in [2.75, 3.05) is 26.7 Å². The number of hydrogen-bond donors (Lipinski definition) is 1. The molecule has 1 amide bonds. The van der Waals surface area contributed by atoms with Crippen LogP contribution in [0.4, 0.5) is 0 Å². The molecule has 4 heteroatoms. The first kappa shape index (κ1) is 18.4. The van der Waals surface area contributed by atoms with Gasteiger partial charge in [-0.05, 0) is 56.5 Å². The minimum atomic E-state index is 0.0472. The minimum absolute atomic E-state index is 0.0472. The highest BCUT2D eigenvalue weighted by Crippen LogP contribution is 2.35.